The number of carbonyl (C=O) groups is 3. The van der Waals surface area contributed by atoms with Crippen molar-refractivity contribution in [1.82, 2.24) is 10.6 Å². The van der Waals surface area contributed by atoms with E-state index in [9.17, 15) is 29.7 Å². The number of nitrogens with two attached hydrogens (primary N) is 1. The van der Waals surface area contributed by atoms with Gasteiger partial charge in [-0.15, -0.1) is 0 Å². The predicted molar refractivity (Wildman–Crippen MR) is 109 cm³/mol. The summed E-state index contributed by atoms with van der Waals surface area (Å²) in [6.07, 6.45) is 0.0344. The summed E-state index contributed by atoms with van der Waals surface area (Å²) in [7, 11) is 0. The second-order valence-electron chi connectivity index (χ2n) is 7.21. The Hall–Kier alpha value is -3.63. The Morgan fingerprint density at radius 1 is 1.03 bits per heavy atom. The van der Waals surface area contributed by atoms with Crippen molar-refractivity contribution in [2.75, 3.05) is 6.61 Å². The Labute approximate surface area is 177 Å². The molecule has 7 N–H and O–H groups in total. The van der Waals surface area contributed by atoms with Gasteiger partial charge in [0.2, 0.25) is 11.8 Å². The number of aromatic hydroxyl groups is 1. The maximum Gasteiger partial charge on any atom is 0.326 e. The third-order valence-electron chi connectivity index (χ3n) is 4.84. The molecule has 164 valence electrons. The zero-order valence-electron chi connectivity index (χ0n) is 16.4. The number of fused-ring (bicyclic) bond motifs is 10. The fraction of sp³-hybridized carbons (Fsp3) is 0.286. The first-order valence-corrected chi connectivity index (χ1v) is 9.55. The van der Waals surface area contributed by atoms with Gasteiger partial charge in [0, 0.05) is 6.42 Å². The molecular weight excluding hydrogens is 406 g/mol. The van der Waals surface area contributed by atoms with Crippen LogP contribution in [0.3, 0.4) is 0 Å². The molecule has 0 saturated carbocycles. The van der Waals surface area contributed by atoms with Gasteiger partial charge in [0.25, 0.3) is 0 Å². The van der Waals surface area contributed by atoms with E-state index in [0.717, 1.165) is 0 Å². The normalized spacial score (nSPS) is 22.1. The summed E-state index contributed by atoms with van der Waals surface area (Å²) in [5, 5.41) is 33.7. The molecule has 31 heavy (non-hydrogen) atoms. The van der Waals surface area contributed by atoms with Crippen molar-refractivity contribution in [2.24, 2.45) is 5.73 Å². The zero-order chi connectivity index (χ0) is 22.5. The Morgan fingerprint density at radius 2 is 1.71 bits per heavy atom. The lowest BCUT2D eigenvalue weighted by Gasteiger charge is -2.21. The molecule has 0 fully saturated rings. The molecule has 10 heteroatoms. The van der Waals surface area contributed by atoms with Crippen molar-refractivity contribution in [2.45, 2.75) is 31.0 Å². The number of amides is 2. The number of carbonyl (C=O) groups excluding carboxylic acids is 2. The van der Waals surface area contributed by atoms with E-state index >= 15 is 0 Å². The first-order valence-electron chi connectivity index (χ1n) is 9.55. The van der Waals surface area contributed by atoms with Gasteiger partial charge in [0.15, 0.2) is 11.5 Å². The summed E-state index contributed by atoms with van der Waals surface area (Å²) in [6.45, 7) is -0.734. The Morgan fingerprint density at radius 3 is 2.35 bits per heavy atom. The average Bonchev–Trinajstić information content (AvgIpc) is 2.74. The van der Waals surface area contributed by atoms with Gasteiger partial charge >= 0.3 is 5.97 Å². The van der Waals surface area contributed by atoms with Crippen LogP contribution in [0, 0.1) is 0 Å². The lowest BCUT2D eigenvalue weighted by molar-refractivity contribution is -0.142. The minimum Gasteiger partial charge on any atom is -0.504 e. The number of hydrogen-bond acceptors (Lipinski definition) is 7. The van der Waals surface area contributed by atoms with Crippen LogP contribution in [-0.2, 0) is 27.2 Å². The summed E-state index contributed by atoms with van der Waals surface area (Å²) >= 11 is 0. The number of rotatable bonds is 2. The highest BCUT2D eigenvalue weighted by Gasteiger charge is 2.28. The van der Waals surface area contributed by atoms with E-state index in [2.05, 4.69) is 10.6 Å². The van der Waals surface area contributed by atoms with Gasteiger partial charge in [-0.25, -0.2) is 4.79 Å². The van der Waals surface area contributed by atoms with Gasteiger partial charge in [-0.05, 0) is 41.8 Å². The highest BCUT2D eigenvalue weighted by Crippen LogP contribution is 2.32. The Bertz CT molecular complexity index is 977. The second-order valence-corrected chi connectivity index (χ2v) is 7.21. The van der Waals surface area contributed by atoms with Crippen LogP contribution in [0.5, 0.6) is 17.2 Å². The Balaban J connectivity index is 1.97. The van der Waals surface area contributed by atoms with Crippen LogP contribution in [0.1, 0.15) is 11.1 Å². The first kappa shape index (κ1) is 22.1. The number of aliphatic hydroxyl groups excluding tert-OH is 1. The van der Waals surface area contributed by atoms with E-state index in [1.807, 2.05) is 0 Å². The summed E-state index contributed by atoms with van der Waals surface area (Å²) in [4.78, 5) is 36.5. The predicted octanol–water partition coefficient (Wildman–Crippen LogP) is -0.343. The molecule has 2 aromatic carbocycles. The van der Waals surface area contributed by atoms with Gasteiger partial charge in [-0.3, -0.25) is 9.59 Å². The number of carboxylic acids is 1. The molecule has 2 aliphatic rings. The maximum absolute atomic E-state index is 12.5. The summed E-state index contributed by atoms with van der Waals surface area (Å²) in [6, 6.07) is 7.32. The van der Waals surface area contributed by atoms with Gasteiger partial charge in [0.05, 0.1) is 12.6 Å². The molecule has 0 radical (unpaired) electrons. The third kappa shape index (κ3) is 5.50. The molecule has 2 heterocycles. The van der Waals surface area contributed by atoms with Gasteiger partial charge < -0.3 is 36.4 Å². The molecule has 3 atom stereocenters. The highest BCUT2D eigenvalue weighted by molar-refractivity contribution is 5.92. The maximum atomic E-state index is 12.5. The van der Waals surface area contributed by atoms with Crippen molar-refractivity contribution in [3.05, 3.63) is 53.6 Å². The van der Waals surface area contributed by atoms with E-state index in [4.69, 9.17) is 10.5 Å². The van der Waals surface area contributed by atoms with E-state index < -0.39 is 42.5 Å². The number of phenols is 1. The number of hydrogen-bond donors (Lipinski definition) is 6. The van der Waals surface area contributed by atoms with Crippen LogP contribution in [-0.4, -0.2) is 57.8 Å². The standard InChI is InChI=1S/C21H23N3O7/c22-14-7-12-3-6-17(26)18(9-12)31-13-4-1-11(2-5-13)8-15(21(29)30)23-20(28)16(10-25)24-19(14)27/h1-6,9,14-16,25-26H,7-8,10,22H2,(H,23,28)(H,24,27)(H,29,30)/t14-,15-,16-/m0/s1. The lowest BCUT2D eigenvalue weighted by atomic mass is 10.0. The molecule has 0 saturated heterocycles. The van der Waals surface area contributed by atoms with Crippen molar-refractivity contribution in [3.63, 3.8) is 0 Å². The minimum atomic E-state index is -1.36. The number of benzene rings is 2. The molecule has 2 amide bonds. The molecular formula is C21H23N3O7. The van der Waals surface area contributed by atoms with Crippen LogP contribution in [0.2, 0.25) is 0 Å². The fourth-order valence-corrected chi connectivity index (χ4v) is 3.12. The van der Waals surface area contributed by atoms with Crippen molar-refractivity contribution in [3.8, 4) is 17.2 Å². The summed E-state index contributed by atoms with van der Waals surface area (Å²) in [5.74, 6) is -2.36. The van der Waals surface area contributed by atoms with Crippen molar-refractivity contribution >= 4 is 17.8 Å². The van der Waals surface area contributed by atoms with E-state index in [0.29, 0.717) is 16.9 Å². The average molecular weight is 429 g/mol. The Kier molecular flexibility index (Phi) is 6.73. The second kappa shape index (κ2) is 9.45. The summed E-state index contributed by atoms with van der Waals surface area (Å²) in [5.41, 5.74) is 7.14. The zero-order valence-corrected chi connectivity index (χ0v) is 16.4. The largest absolute Gasteiger partial charge is 0.504 e. The van der Waals surface area contributed by atoms with E-state index in [1.165, 1.54) is 6.07 Å². The highest BCUT2D eigenvalue weighted by atomic mass is 16.5. The monoisotopic (exact) mass is 429 g/mol. The molecule has 10 nitrogen and oxygen atoms in total. The first-order chi connectivity index (χ1) is 14.8. The van der Waals surface area contributed by atoms with Crippen molar-refractivity contribution in [1.29, 1.82) is 0 Å². The minimum absolute atomic E-state index is 0.0340. The van der Waals surface area contributed by atoms with Crippen LogP contribution in [0.15, 0.2) is 42.5 Å². The molecule has 0 aliphatic carbocycles. The van der Waals surface area contributed by atoms with E-state index in [-0.39, 0.29) is 24.3 Å². The van der Waals surface area contributed by atoms with Crippen LogP contribution < -0.4 is 21.1 Å². The van der Waals surface area contributed by atoms with Crippen LogP contribution in [0.25, 0.3) is 0 Å². The van der Waals surface area contributed by atoms with Crippen LogP contribution in [0.4, 0.5) is 0 Å². The third-order valence-corrected chi connectivity index (χ3v) is 4.84. The van der Waals surface area contributed by atoms with Crippen molar-refractivity contribution < 1.29 is 34.4 Å². The lowest BCUT2D eigenvalue weighted by Crippen LogP contribution is -2.56. The SMILES string of the molecule is N[C@H]1Cc2ccc(O)c(c2)Oc2ccc(cc2)C[C@@H](C(=O)O)NC(=O)[C@H](CO)NC1=O. The van der Waals surface area contributed by atoms with Gasteiger partial charge in [-0.2, -0.15) is 0 Å². The molecule has 4 bridgehead atoms. The topological polar surface area (TPSA) is 171 Å². The molecule has 0 aromatic heterocycles. The molecule has 0 spiro atoms. The number of phenolic OH excluding ortho intramolecular Hbond substituents is 1. The van der Waals surface area contributed by atoms with Crippen LogP contribution >= 0.6 is 0 Å². The smallest absolute Gasteiger partial charge is 0.326 e. The van der Waals surface area contributed by atoms with Gasteiger partial charge in [0.1, 0.15) is 17.8 Å². The number of aliphatic hydroxyl groups is 1. The van der Waals surface area contributed by atoms with Gasteiger partial charge in [-0.1, -0.05) is 18.2 Å². The molecule has 0 unspecified atom stereocenters. The number of aliphatic carboxylic acids is 1. The molecule has 2 aromatic rings. The number of ether oxygens (including phenoxy) is 1. The number of nitrogens with one attached hydrogen (secondary N) is 2. The quantitative estimate of drug-likeness (QED) is 0.376. The summed E-state index contributed by atoms with van der Waals surface area (Å²) < 4.78 is 5.71. The van der Waals surface area contributed by atoms with E-state index in [1.54, 1.807) is 36.4 Å². The molecule has 2 aliphatic heterocycles. The fourth-order valence-electron chi connectivity index (χ4n) is 3.12. The molecule has 4 rings (SSSR count). The number of carboxylic acid groups (broad SMARTS) is 1.